The van der Waals surface area contributed by atoms with Gasteiger partial charge in [0.25, 0.3) is 11.5 Å². The Hall–Kier alpha value is -3.75. The molecule has 0 bridgehead atoms. The summed E-state index contributed by atoms with van der Waals surface area (Å²) in [5.41, 5.74) is 5.36. The van der Waals surface area contributed by atoms with Gasteiger partial charge in [-0.25, -0.2) is 4.98 Å². The molecule has 2 fully saturated rings. The zero-order valence-corrected chi connectivity index (χ0v) is 24.9. The van der Waals surface area contributed by atoms with Crippen LogP contribution in [-0.4, -0.2) is 37.6 Å². The van der Waals surface area contributed by atoms with Gasteiger partial charge < -0.3 is 4.90 Å². The quantitative estimate of drug-likeness (QED) is 0.201. The van der Waals surface area contributed by atoms with Crippen LogP contribution in [0.15, 0.2) is 82.6 Å². The fraction of sp³-hybridized carbons (Fsp3) is 0.273. The van der Waals surface area contributed by atoms with Gasteiger partial charge in [-0.1, -0.05) is 90.2 Å². The Kier molecular flexibility index (Phi) is 7.77. The predicted molar refractivity (Wildman–Crippen MR) is 171 cm³/mol. The van der Waals surface area contributed by atoms with Gasteiger partial charge in [-0.3, -0.25) is 18.9 Å². The van der Waals surface area contributed by atoms with Crippen LogP contribution in [0.25, 0.3) is 11.7 Å². The minimum absolute atomic E-state index is 0.177. The molecule has 2 aliphatic heterocycles. The molecule has 0 spiro atoms. The molecule has 2 aliphatic rings. The lowest BCUT2D eigenvalue weighted by Crippen LogP contribution is -2.37. The first-order valence-electron chi connectivity index (χ1n) is 14.0. The topological polar surface area (TPSA) is 57.9 Å². The minimum Gasteiger partial charge on any atom is -0.356 e. The number of thiocarbonyl (C=S) groups is 1. The third-order valence-electron chi connectivity index (χ3n) is 7.96. The van der Waals surface area contributed by atoms with Crippen LogP contribution in [0.5, 0.6) is 0 Å². The molecule has 4 heterocycles. The lowest BCUT2D eigenvalue weighted by Gasteiger charge is -2.33. The summed E-state index contributed by atoms with van der Waals surface area (Å²) in [4.78, 5) is 36.8. The van der Waals surface area contributed by atoms with Crippen LogP contribution in [0.3, 0.4) is 0 Å². The van der Waals surface area contributed by atoms with E-state index in [1.807, 2.05) is 50.2 Å². The van der Waals surface area contributed by atoms with Gasteiger partial charge in [-0.2, -0.15) is 0 Å². The summed E-state index contributed by atoms with van der Waals surface area (Å²) in [7, 11) is 0. The molecular formula is C33H32N4O2S2. The first kappa shape index (κ1) is 27.4. The second-order valence-corrected chi connectivity index (χ2v) is 12.6. The predicted octanol–water partition coefficient (Wildman–Crippen LogP) is 6.17. The normalized spacial score (nSPS) is 17.3. The molecule has 6 rings (SSSR count). The number of amides is 1. The van der Waals surface area contributed by atoms with Crippen LogP contribution in [0.4, 0.5) is 5.82 Å². The van der Waals surface area contributed by atoms with Gasteiger partial charge in [-0.05, 0) is 67.9 Å². The molecule has 0 unspecified atom stereocenters. The lowest BCUT2D eigenvalue weighted by atomic mass is 9.90. The molecule has 2 saturated heterocycles. The van der Waals surface area contributed by atoms with Crippen molar-refractivity contribution < 1.29 is 4.79 Å². The van der Waals surface area contributed by atoms with E-state index in [9.17, 15) is 9.59 Å². The summed E-state index contributed by atoms with van der Waals surface area (Å²) in [6.45, 7) is 6.02. The number of benzene rings is 2. The van der Waals surface area contributed by atoms with Gasteiger partial charge in [0.2, 0.25) is 0 Å². The number of piperidine rings is 1. The molecule has 41 heavy (non-hydrogen) atoms. The van der Waals surface area contributed by atoms with E-state index in [1.54, 1.807) is 21.6 Å². The molecule has 0 aliphatic carbocycles. The van der Waals surface area contributed by atoms with Crippen molar-refractivity contribution in [2.24, 2.45) is 5.92 Å². The number of aryl methyl sites for hydroxylation is 2. The summed E-state index contributed by atoms with van der Waals surface area (Å²) in [5.74, 6) is 1.05. The van der Waals surface area contributed by atoms with E-state index in [-0.39, 0.29) is 11.5 Å². The van der Waals surface area contributed by atoms with E-state index in [1.165, 1.54) is 17.3 Å². The average molecular weight is 581 g/mol. The van der Waals surface area contributed by atoms with Crippen LogP contribution in [0, 0.1) is 19.8 Å². The molecule has 4 aromatic rings. The second-order valence-electron chi connectivity index (χ2n) is 10.9. The molecule has 2 aromatic carbocycles. The number of fused-ring (bicyclic) bond motifs is 1. The largest absolute Gasteiger partial charge is 0.356 e. The van der Waals surface area contributed by atoms with Crippen molar-refractivity contribution in [1.82, 2.24) is 14.3 Å². The van der Waals surface area contributed by atoms with E-state index >= 15 is 0 Å². The molecular weight excluding hydrogens is 549 g/mol. The number of carbonyl (C=O) groups excluding carboxylic acids is 1. The van der Waals surface area contributed by atoms with Gasteiger partial charge in [0.15, 0.2) is 0 Å². The third-order valence-corrected chi connectivity index (χ3v) is 9.33. The van der Waals surface area contributed by atoms with Crippen molar-refractivity contribution in [1.29, 1.82) is 0 Å². The molecule has 2 aromatic heterocycles. The maximum Gasteiger partial charge on any atom is 0.267 e. The maximum absolute atomic E-state index is 13.9. The number of aromatic nitrogens is 2. The number of pyridine rings is 1. The number of hydrogen-bond acceptors (Lipinski definition) is 6. The molecule has 0 saturated carbocycles. The number of hydrogen-bond donors (Lipinski definition) is 0. The van der Waals surface area contributed by atoms with Crippen LogP contribution in [0.2, 0.25) is 0 Å². The van der Waals surface area contributed by atoms with E-state index in [2.05, 4.69) is 35.2 Å². The van der Waals surface area contributed by atoms with Crippen molar-refractivity contribution in [3.8, 4) is 0 Å². The molecule has 0 atom stereocenters. The van der Waals surface area contributed by atoms with Crippen molar-refractivity contribution in [2.75, 3.05) is 18.0 Å². The summed E-state index contributed by atoms with van der Waals surface area (Å²) in [6, 6.07) is 22.5. The van der Waals surface area contributed by atoms with Gasteiger partial charge in [0.05, 0.1) is 17.0 Å². The molecule has 208 valence electrons. The zero-order valence-electron chi connectivity index (χ0n) is 23.2. The van der Waals surface area contributed by atoms with E-state index in [0.717, 1.165) is 49.0 Å². The second kappa shape index (κ2) is 11.6. The first-order chi connectivity index (χ1) is 19.9. The standard InChI is InChI=1S/C33H32N4O2S2/c1-22-10-12-26(13-11-22)21-37-32(39)28(41-33(37)40)20-27-30(34-29-23(2)7-6-16-36(29)31(27)38)35-17-14-25(15-18-35)19-24-8-4-3-5-9-24/h3-13,16,20,25H,14-15,17-19,21H2,1-2H3. The SMILES string of the molecule is Cc1ccc(CN2C(=O)C(=Cc3c(N4CCC(Cc5ccccc5)CC4)nc4c(C)cccn4c3=O)SC2=S)cc1. The lowest BCUT2D eigenvalue weighted by molar-refractivity contribution is -0.122. The van der Waals surface area contributed by atoms with E-state index in [4.69, 9.17) is 17.2 Å². The van der Waals surface area contributed by atoms with Crippen molar-refractivity contribution in [2.45, 2.75) is 39.7 Å². The van der Waals surface area contributed by atoms with Crippen LogP contribution < -0.4 is 10.5 Å². The number of nitrogens with zero attached hydrogens (tertiary/aromatic N) is 4. The van der Waals surface area contributed by atoms with Gasteiger partial charge in [-0.15, -0.1) is 0 Å². The monoisotopic (exact) mass is 580 g/mol. The Labute approximate surface area is 249 Å². The fourth-order valence-electron chi connectivity index (χ4n) is 5.61. The Bertz CT molecular complexity index is 1710. The highest BCUT2D eigenvalue weighted by Gasteiger charge is 2.33. The third kappa shape index (κ3) is 5.72. The Morgan fingerprint density at radius 3 is 2.41 bits per heavy atom. The summed E-state index contributed by atoms with van der Waals surface area (Å²) in [6.07, 6.45) is 6.54. The number of carbonyl (C=O) groups is 1. The van der Waals surface area contributed by atoms with Gasteiger partial charge >= 0.3 is 0 Å². The van der Waals surface area contributed by atoms with E-state index < -0.39 is 0 Å². The van der Waals surface area contributed by atoms with Gasteiger partial charge in [0, 0.05) is 19.3 Å². The van der Waals surface area contributed by atoms with Crippen LogP contribution in [-0.2, 0) is 17.8 Å². The minimum atomic E-state index is -0.179. The highest BCUT2D eigenvalue weighted by Crippen LogP contribution is 2.35. The number of rotatable bonds is 6. The van der Waals surface area contributed by atoms with Crippen LogP contribution >= 0.6 is 24.0 Å². The Morgan fingerprint density at radius 1 is 0.951 bits per heavy atom. The fourth-order valence-corrected chi connectivity index (χ4v) is 6.84. The average Bonchev–Trinajstić information content (AvgIpc) is 3.24. The molecule has 8 heteroatoms. The molecule has 6 nitrogen and oxygen atoms in total. The zero-order chi connectivity index (χ0) is 28.5. The molecule has 0 N–H and O–H groups in total. The summed E-state index contributed by atoms with van der Waals surface area (Å²) in [5, 5.41) is 0. The number of thioether (sulfide) groups is 1. The highest BCUT2D eigenvalue weighted by molar-refractivity contribution is 8.26. The van der Waals surface area contributed by atoms with Crippen molar-refractivity contribution in [3.63, 3.8) is 0 Å². The van der Waals surface area contributed by atoms with Crippen LogP contribution in [0.1, 0.15) is 40.7 Å². The van der Waals surface area contributed by atoms with Gasteiger partial charge in [0.1, 0.15) is 15.8 Å². The molecule has 0 radical (unpaired) electrons. The van der Waals surface area contributed by atoms with Crippen molar-refractivity contribution >= 4 is 51.7 Å². The Balaban J connectivity index is 1.32. The number of anilines is 1. The van der Waals surface area contributed by atoms with Crippen molar-refractivity contribution in [3.05, 3.63) is 116 Å². The van der Waals surface area contributed by atoms with E-state index in [0.29, 0.717) is 38.7 Å². The first-order valence-corrected chi connectivity index (χ1v) is 15.2. The maximum atomic E-state index is 13.9. The Morgan fingerprint density at radius 2 is 1.68 bits per heavy atom. The summed E-state index contributed by atoms with van der Waals surface area (Å²) >= 11 is 6.85. The smallest absolute Gasteiger partial charge is 0.267 e. The summed E-state index contributed by atoms with van der Waals surface area (Å²) < 4.78 is 2.08. The highest BCUT2D eigenvalue weighted by atomic mass is 32.2. The molecule has 1 amide bonds.